The number of halogens is 1. The average Bonchev–Trinajstić information content (AvgIpc) is 2.25. The van der Waals surface area contributed by atoms with Crippen molar-refractivity contribution in [3.63, 3.8) is 0 Å². The van der Waals surface area contributed by atoms with Crippen LogP contribution in [0.2, 0.25) is 0 Å². The predicted octanol–water partition coefficient (Wildman–Crippen LogP) is 2.93. The molecule has 0 amide bonds. The standard InChI is InChI=1S/C13H18FN/c1-11-2-4-12(5-3-11)10-15-8-6-13(14)7-9-15/h2-5,13H,6-10H2,1H3. The fourth-order valence-corrected chi connectivity index (χ4v) is 2.01. The van der Waals surface area contributed by atoms with Crippen LogP contribution in [0.15, 0.2) is 24.3 Å². The molecule has 0 radical (unpaired) electrons. The molecule has 15 heavy (non-hydrogen) atoms. The van der Waals surface area contributed by atoms with E-state index in [0.717, 1.165) is 19.6 Å². The van der Waals surface area contributed by atoms with Crippen molar-refractivity contribution < 1.29 is 4.39 Å². The Labute approximate surface area is 90.9 Å². The summed E-state index contributed by atoms with van der Waals surface area (Å²) in [5.74, 6) is 0. The molecule has 0 atom stereocenters. The molecule has 1 saturated heterocycles. The summed E-state index contributed by atoms with van der Waals surface area (Å²) in [5.41, 5.74) is 2.62. The molecule has 1 nitrogen and oxygen atoms in total. The normalized spacial score (nSPS) is 19.3. The lowest BCUT2D eigenvalue weighted by atomic mass is 10.1. The van der Waals surface area contributed by atoms with E-state index in [4.69, 9.17) is 0 Å². The Balaban J connectivity index is 1.89. The van der Waals surface area contributed by atoms with Gasteiger partial charge in [0.15, 0.2) is 0 Å². The van der Waals surface area contributed by atoms with Crippen molar-refractivity contribution in [2.75, 3.05) is 13.1 Å². The zero-order valence-electron chi connectivity index (χ0n) is 9.25. The molecule has 2 heteroatoms. The smallest absolute Gasteiger partial charge is 0.103 e. The van der Waals surface area contributed by atoms with Crippen LogP contribution in [0, 0.1) is 6.92 Å². The Kier molecular flexibility index (Phi) is 3.37. The van der Waals surface area contributed by atoms with Crippen molar-refractivity contribution >= 4 is 0 Å². The van der Waals surface area contributed by atoms with Crippen molar-refractivity contribution in [2.24, 2.45) is 0 Å². The van der Waals surface area contributed by atoms with E-state index in [2.05, 4.69) is 36.1 Å². The van der Waals surface area contributed by atoms with Crippen LogP contribution in [-0.2, 0) is 6.54 Å². The monoisotopic (exact) mass is 207 g/mol. The van der Waals surface area contributed by atoms with Gasteiger partial charge in [0.05, 0.1) is 0 Å². The second kappa shape index (κ2) is 4.75. The van der Waals surface area contributed by atoms with Gasteiger partial charge in [-0.15, -0.1) is 0 Å². The summed E-state index contributed by atoms with van der Waals surface area (Å²) >= 11 is 0. The first-order chi connectivity index (χ1) is 7.24. The van der Waals surface area contributed by atoms with Crippen molar-refractivity contribution in [3.05, 3.63) is 35.4 Å². The van der Waals surface area contributed by atoms with E-state index in [1.165, 1.54) is 11.1 Å². The molecular weight excluding hydrogens is 189 g/mol. The molecule has 1 aromatic rings. The van der Waals surface area contributed by atoms with Crippen LogP contribution in [-0.4, -0.2) is 24.2 Å². The van der Waals surface area contributed by atoms with Gasteiger partial charge in [0.2, 0.25) is 0 Å². The highest BCUT2D eigenvalue weighted by molar-refractivity contribution is 5.21. The molecule has 0 spiro atoms. The summed E-state index contributed by atoms with van der Waals surface area (Å²) in [7, 11) is 0. The van der Waals surface area contributed by atoms with Gasteiger partial charge in [-0.2, -0.15) is 0 Å². The number of alkyl halides is 1. The van der Waals surface area contributed by atoms with Crippen LogP contribution >= 0.6 is 0 Å². The highest BCUT2D eigenvalue weighted by Crippen LogP contribution is 2.16. The first kappa shape index (κ1) is 10.6. The van der Waals surface area contributed by atoms with Gasteiger partial charge < -0.3 is 0 Å². The van der Waals surface area contributed by atoms with Crippen LogP contribution in [0.25, 0.3) is 0 Å². The van der Waals surface area contributed by atoms with Gasteiger partial charge in [-0.3, -0.25) is 4.90 Å². The van der Waals surface area contributed by atoms with E-state index in [1.807, 2.05) is 0 Å². The lowest BCUT2D eigenvalue weighted by Gasteiger charge is -2.28. The fraction of sp³-hybridized carbons (Fsp3) is 0.538. The lowest BCUT2D eigenvalue weighted by molar-refractivity contribution is 0.145. The molecule has 0 N–H and O–H groups in total. The Morgan fingerprint density at radius 3 is 2.40 bits per heavy atom. The van der Waals surface area contributed by atoms with Crippen LogP contribution in [0.1, 0.15) is 24.0 Å². The topological polar surface area (TPSA) is 3.24 Å². The lowest BCUT2D eigenvalue weighted by Crippen LogP contribution is -2.33. The maximum absolute atomic E-state index is 12.9. The minimum Gasteiger partial charge on any atom is -0.299 e. The summed E-state index contributed by atoms with van der Waals surface area (Å²) in [5, 5.41) is 0. The van der Waals surface area contributed by atoms with E-state index >= 15 is 0 Å². The SMILES string of the molecule is Cc1ccc(CN2CCC(F)CC2)cc1. The Hall–Kier alpha value is -0.890. The zero-order chi connectivity index (χ0) is 10.7. The van der Waals surface area contributed by atoms with Crippen LogP contribution < -0.4 is 0 Å². The minimum atomic E-state index is -0.570. The Morgan fingerprint density at radius 2 is 1.80 bits per heavy atom. The number of aryl methyl sites for hydroxylation is 1. The fourth-order valence-electron chi connectivity index (χ4n) is 2.01. The molecule has 82 valence electrons. The number of hydrogen-bond acceptors (Lipinski definition) is 1. The largest absolute Gasteiger partial charge is 0.299 e. The average molecular weight is 207 g/mol. The van der Waals surface area contributed by atoms with E-state index in [1.54, 1.807) is 0 Å². The van der Waals surface area contributed by atoms with Gasteiger partial charge in [0.1, 0.15) is 6.17 Å². The molecule has 1 fully saturated rings. The number of rotatable bonds is 2. The second-order valence-electron chi connectivity index (χ2n) is 4.44. The van der Waals surface area contributed by atoms with Crippen LogP contribution in [0.5, 0.6) is 0 Å². The van der Waals surface area contributed by atoms with Gasteiger partial charge in [-0.1, -0.05) is 29.8 Å². The summed E-state index contributed by atoms with van der Waals surface area (Å²) in [6.07, 6.45) is 0.830. The molecule has 2 rings (SSSR count). The zero-order valence-corrected chi connectivity index (χ0v) is 9.25. The van der Waals surface area contributed by atoms with Crippen LogP contribution in [0.4, 0.5) is 4.39 Å². The van der Waals surface area contributed by atoms with Crippen molar-refractivity contribution in [1.29, 1.82) is 0 Å². The van der Waals surface area contributed by atoms with E-state index < -0.39 is 6.17 Å². The molecule has 0 aromatic heterocycles. The first-order valence-electron chi connectivity index (χ1n) is 5.66. The van der Waals surface area contributed by atoms with E-state index in [0.29, 0.717) is 12.8 Å². The molecule has 1 aliphatic heterocycles. The summed E-state index contributed by atoms with van der Waals surface area (Å²) < 4.78 is 12.9. The predicted molar refractivity (Wildman–Crippen MR) is 60.6 cm³/mol. The molecule has 1 aromatic carbocycles. The summed E-state index contributed by atoms with van der Waals surface area (Å²) in [6.45, 7) is 4.86. The third kappa shape index (κ3) is 3.03. The molecular formula is C13H18FN. The number of piperidine rings is 1. The molecule has 0 aliphatic carbocycles. The molecule has 0 bridgehead atoms. The summed E-state index contributed by atoms with van der Waals surface area (Å²) in [4.78, 5) is 2.33. The van der Waals surface area contributed by atoms with E-state index in [9.17, 15) is 4.39 Å². The maximum atomic E-state index is 12.9. The second-order valence-corrected chi connectivity index (χ2v) is 4.44. The van der Waals surface area contributed by atoms with Gasteiger partial charge in [-0.05, 0) is 25.3 Å². The van der Waals surface area contributed by atoms with Crippen LogP contribution in [0.3, 0.4) is 0 Å². The number of likely N-dealkylation sites (tertiary alicyclic amines) is 1. The molecule has 0 unspecified atom stereocenters. The highest BCUT2D eigenvalue weighted by Gasteiger charge is 2.17. The Bertz CT molecular complexity index is 299. The Morgan fingerprint density at radius 1 is 1.20 bits per heavy atom. The highest BCUT2D eigenvalue weighted by atomic mass is 19.1. The molecule has 1 heterocycles. The quantitative estimate of drug-likeness (QED) is 0.720. The van der Waals surface area contributed by atoms with E-state index in [-0.39, 0.29) is 0 Å². The van der Waals surface area contributed by atoms with Crippen molar-refractivity contribution in [3.8, 4) is 0 Å². The van der Waals surface area contributed by atoms with Gasteiger partial charge in [0.25, 0.3) is 0 Å². The van der Waals surface area contributed by atoms with Gasteiger partial charge in [-0.25, -0.2) is 4.39 Å². The third-order valence-electron chi connectivity index (χ3n) is 3.04. The minimum absolute atomic E-state index is 0.570. The number of hydrogen-bond donors (Lipinski definition) is 0. The number of nitrogens with zero attached hydrogens (tertiary/aromatic N) is 1. The first-order valence-corrected chi connectivity index (χ1v) is 5.66. The van der Waals surface area contributed by atoms with Gasteiger partial charge in [0, 0.05) is 19.6 Å². The van der Waals surface area contributed by atoms with Crippen molar-refractivity contribution in [2.45, 2.75) is 32.5 Å². The molecule has 0 saturated carbocycles. The molecule has 1 aliphatic rings. The maximum Gasteiger partial charge on any atom is 0.103 e. The summed E-state index contributed by atoms with van der Waals surface area (Å²) in [6, 6.07) is 8.60. The number of benzene rings is 1. The van der Waals surface area contributed by atoms with Crippen molar-refractivity contribution in [1.82, 2.24) is 4.90 Å². The third-order valence-corrected chi connectivity index (χ3v) is 3.04. The van der Waals surface area contributed by atoms with Gasteiger partial charge >= 0.3 is 0 Å².